The zero-order valence-electron chi connectivity index (χ0n) is 23.8. The molecule has 7 nitrogen and oxygen atoms in total. The molecule has 1 fully saturated rings. The summed E-state index contributed by atoms with van der Waals surface area (Å²) in [5.74, 6) is -1.55. The fraction of sp³-hybridized carbons (Fsp3) is 0.500. The van der Waals surface area contributed by atoms with Crippen LogP contribution < -0.4 is 0 Å². The van der Waals surface area contributed by atoms with Crippen molar-refractivity contribution >= 4 is 19.4 Å². The van der Waals surface area contributed by atoms with Crippen LogP contribution in [0.5, 0.6) is 0 Å². The molecule has 2 amide bonds. The molecule has 0 bridgehead atoms. The standard InChI is InChI=1S/C32H43N2O5P/c1-3-38-40(37,39-4-2)29-21-15-20-28-30(29)32(36)34(31(28)35)23-14-6-5-13-22-33(24-26-16-9-7-10-17-26)25-27-18-11-8-12-19-27/h7-12,15-19,21,28-30H,3-6,13-14,20,22-25H2,1-2H3/t28-,29+,30-/m0/s1. The SMILES string of the molecule is CCOP(=O)(OCC)[C@@H]1C=CC[C@@H]2C(=O)N(CCCCCCN(Cc3ccccc3)Cc3ccccc3)C(=O)[C@@H]21. The topological polar surface area (TPSA) is 76.2 Å². The normalized spacial score (nSPS) is 20.9. The molecule has 1 saturated heterocycles. The van der Waals surface area contributed by atoms with Crippen LogP contribution in [0.4, 0.5) is 0 Å². The van der Waals surface area contributed by atoms with Crippen LogP contribution in [0.1, 0.15) is 57.1 Å². The van der Waals surface area contributed by atoms with Gasteiger partial charge in [-0.15, -0.1) is 0 Å². The molecule has 1 heterocycles. The van der Waals surface area contributed by atoms with Gasteiger partial charge in [0.25, 0.3) is 0 Å². The van der Waals surface area contributed by atoms with Crippen LogP contribution in [-0.2, 0) is 36.3 Å². The molecule has 3 atom stereocenters. The maximum atomic E-state index is 13.5. The zero-order chi connectivity index (χ0) is 28.4. The number of benzene rings is 2. The third kappa shape index (κ3) is 7.58. The minimum atomic E-state index is -3.55. The molecule has 1 aliphatic carbocycles. The molecule has 1 aliphatic heterocycles. The van der Waals surface area contributed by atoms with E-state index < -0.39 is 25.1 Å². The predicted molar refractivity (Wildman–Crippen MR) is 158 cm³/mol. The predicted octanol–water partition coefficient (Wildman–Crippen LogP) is 6.45. The molecule has 0 saturated carbocycles. The summed E-state index contributed by atoms with van der Waals surface area (Å²) in [7, 11) is -3.55. The first-order valence-corrected chi connectivity index (χ1v) is 16.3. The van der Waals surface area contributed by atoms with E-state index >= 15 is 0 Å². The van der Waals surface area contributed by atoms with E-state index in [-0.39, 0.29) is 25.0 Å². The highest BCUT2D eigenvalue weighted by Gasteiger charge is 2.56. The molecule has 0 radical (unpaired) electrons. The van der Waals surface area contributed by atoms with Crippen molar-refractivity contribution in [3.63, 3.8) is 0 Å². The second kappa shape index (κ2) is 14.9. The van der Waals surface area contributed by atoms with Crippen LogP contribution in [0.2, 0.25) is 0 Å². The van der Waals surface area contributed by atoms with Gasteiger partial charge in [0.1, 0.15) is 0 Å². The Morgan fingerprint density at radius 1 is 0.825 bits per heavy atom. The summed E-state index contributed by atoms with van der Waals surface area (Å²) in [6, 6.07) is 21.1. The average molecular weight is 567 g/mol. The number of carbonyl (C=O) groups is 2. The molecule has 0 spiro atoms. The highest BCUT2D eigenvalue weighted by molar-refractivity contribution is 7.55. The summed E-state index contributed by atoms with van der Waals surface area (Å²) in [5, 5.41) is 0. The summed E-state index contributed by atoms with van der Waals surface area (Å²) in [4.78, 5) is 30.5. The van der Waals surface area contributed by atoms with E-state index in [4.69, 9.17) is 9.05 Å². The van der Waals surface area contributed by atoms with Crippen molar-refractivity contribution in [1.82, 2.24) is 9.80 Å². The number of hydrogen-bond acceptors (Lipinski definition) is 6. The quantitative estimate of drug-likeness (QED) is 0.101. The first-order valence-electron chi connectivity index (χ1n) is 14.7. The second-order valence-electron chi connectivity index (χ2n) is 10.6. The van der Waals surface area contributed by atoms with Gasteiger partial charge in [0.2, 0.25) is 11.8 Å². The van der Waals surface area contributed by atoms with Gasteiger partial charge in [-0.25, -0.2) is 0 Å². The summed E-state index contributed by atoms with van der Waals surface area (Å²) >= 11 is 0. The van der Waals surface area contributed by atoms with Gasteiger partial charge < -0.3 is 9.05 Å². The van der Waals surface area contributed by atoms with Crippen molar-refractivity contribution in [2.24, 2.45) is 11.8 Å². The number of amides is 2. The maximum Gasteiger partial charge on any atom is 0.338 e. The van der Waals surface area contributed by atoms with E-state index in [1.807, 2.05) is 18.2 Å². The van der Waals surface area contributed by atoms with Crippen molar-refractivity contribution in [2.75, 3.05) is 26.3 Å². The van der Waals surface area contributed by atoms with E-state index in [2.05, 4.69) is 53.4 Å². The Bertz CT molecular complexity index is 1120. The lowest BCUT2D eigenvalue weighted by Gasteiger charge is -2.31. The Hall–Kier alpha value is -2.57. The van der Waals surface area contributed by atoms with Gasteiger partial charge in [-0.1, -0.05) is 85.7 Å². The van der Waals surface area contributed by atoms with E-state index in [1.54, 1.807) is 19.9 Å². The monoisotopic (exact) mass is 566 g/mol. The van der Waals surface area contributed by atoms with Crippen molar-refractivity contribution < 1.29 is 23.2 Å². The van der Waals surface area contributed by atoms with Crippen LogP contribution in [0.15, 0.2) is 72.8 Å². The first kappa shape index (κ1) is 30.4. The fourth-order valence-electron chi connectivity index (χ4n) is 5.88. The molecule has 8 heteroatoms. The Morgan fingerprint density at radius 3 is 1.98 bits per heavy atom. The number of rotatable bonds is 16. The van der Waals surface area contributed by atoms with Gasteiger partial charge in [-0.05, 0) is 50.8 Å². The van der Waals surface area contributed by atoms with Gasteiger partial charge in [-0.2, -0.15) is 0 Å². The molecule has 40 heavy (non-hydrogen) atoms. The first-order chi connectivity index (χ1) is 19.5. The molecule has 0 unspecified atom stereocenters. The summed E-state index contributed by atoms with van der Waals surface area (Å²) in [6.45, 7) is 7.14. The van der Waals surface area contributed by atoms with Crippen molar-refractivity contribution in [2.45, 2.75) is 64.7 Å². The Kier molecular flexibility index (Phi) is 11.3. The number of fused-ring (bicyclic) bond motifs is 1. The fourth-order valence-corrected chi connectivity index (χ4v) is 8.08. The smallest absolute Gasteiger partial charge is 0.308 e. The van der Waals surface area contributed by atoms with Crippen LogP contribution in [0.3, 0.4) is 0 Å². The van der Waals surface area contributed by atoms with Gasteiger partial charge in [0, 0.05) is 19.6 Å². The number of carbonyl (C=O) groups excluding carboxylic acids is 2. The van der Waals surface area contributed by atoms with Gasteiger partial charge in [-0.3, -0.25) is 24.0 Å². The molecule has 2 aromatic rings. The van der Waals surface area contributed by atoms with Gasteiger partial charge in [0.05, 0.1) is 30.7 Å². The Balaban J connectivity index is 1.28. The second-order valence-corrected chi connectivity index (χ2v) is 12.8. The molecule has 216 valence electrons. The summed E-state index contributed by atoms with van der Waals surface area (Å²) < 4.78 is 24.6. The average Bonchev–Trinajstić information content (AvgIpc) is 3.21. The molecule has 0 N–H and O–H groups in total. The lowest BCUT2D eigenvalue weighted by molar-refractivity contribution is -0.140. The zero-order valence-corrected chi connectivity index (χ0v) is 24.7. The van der Waals surface area contributed by atoms with E-state index in [1.165, 1.54) is 16.0 Å². The number of hydrogen-bond donors (Lipinski definition) is 0. The Labute approximate surface area is 239 Å². The summed E-state index contributed by atoms with van der Waals surface area (Å²) in [5.41, 5.74) is 1.89. The molecule has 4 rings (SSSR count). The number of nitrogens with zero attached hydrogens (tertiary/aromatic N) is 2. The lowest BCUT2D eigenvalue weighted by atomic mass is 9.85. The number of likely N-dealkylation sites (tertiary alicyclic amines) is 1. The third-order valence-corrected chi connectivity index (χ3v) is 10.2. The largest absolute Gasteiger partial charge is 0.338 e. The maximum absolute atomic E-state index is 13.5. The minimum Gasteiger partial charge on any atom is -0.308 e. The van der Waals surface area contributed by atoms with Crippen molar-refractivity contribution in [3.8, 4) is 0 Å². The highest BCUT2D eigenvalue weighted by atomic mass is 31.2. The van der Waals surface area contributed by atoms with Crippen molar-refractivity contribution in [1.29, 1.82) is 0 Å². The molecular formula is C32H43N2O5P. The van der Waals surface area contributed by atoms with Gasteiger partial charge in [0.15, 0.2) is 0 Å². The number of allylic oxidation sites excluding steroid dienone is 2. The lowest BCUT2D eigenvalue weighted by Crippen LogP contribution is -2.35. The molecule has 2 aromatic carbocycles. The van der Waals surface area contributed by atoms with Gasteiger partial charge >= 0.3 is 7.60 Å². The summed E-state index contributed by atoms with van der Waals surface area (Å²) in [6.07, 6.45) is 7.87. The number of imide groups is 1. The van der Waals surface area contributed by atoms with Crippen LogP contribution in [-0.4, -0.2) is 53.6 Å². The molecular weight excluding hydrogens is 523 g/mol. The van der Waals surface area contributed by atoms with Crippen molar-refractivity contribution in [3.05, 3.63) is 83.9 Å². The van der Waals surface area contributed by atoms with E-state index in [0.29, 0.717) is 13.0 Å². The number of unbranched alkanes of at least 4 members (excludes halogenated alkanes) is 3. The minimum absolute atomic E-state index is 0.152. The van der Waals surface area contributed by atoms with E-state index in [0.717, 1.165) is 45.3 Å². The molecule has 0 aromatic heterocycles. The third-order valence-electron chi connectivity index (χ3n) is 7.75. The Morgan fingerprint density at radius 2 is 1.40 bits per heavy atom. The van der Waals surface area contributed by atoms with Crippen LogP contribution >= 0.6 is 7.60 Å². The van der Waals surface area contributed by atoms with Crippen LogP contribution in [0, 0.1) is 11.8 Å². The molecule has 2 aliphatic rings. The highest BCUT2D eigenvalue weighted by Crippen LogP contribution is 2.59. The van der Waals surface area contributed by atoms with Crippen LogP contribution in [0.25, 0.3) is 0 Å². The van der Waals surface area contributed by atoms with E-state index in [9.17, 15) is 14.2 Å².